The van der Waals surface area contributed by atoms with Crippen LogP contribution in [0.15, 0.2) is 48.5 Å². The van der Waals surface area contributed by atoms with Crippen molar-refractivity contribution in [2.24, 2.45) is 5.92 Å². The molecule has 1 fully saturated rings. The number of alkyl carbamates (subject to hydrolysis) is 1. The normalized spacial score (nSPS) is 19.8. The van der Waals surface area contributed by atoms with E-state index in [1.54, 1.807) is 0 Å². The minimum Gasteiger partial charge on any atom is -0.481 e. The van der Waals surface area contributed by atoms with Gasteiger partial charge in [0, 0.05) is 24.5 Å². The van der Waals surface area contributed by atoms with Gasteiger partial charge in [-0.2, -0.15) is 0 Å². The zero-order valence-corrected chi connectivity index (χ0v) is 19.9. The molecule has 3 atom stereocenters. The summed E-state index contributed by atoms with van der Waals surface area (Å²) in [6.07, 6.45) is 0.947. The number of ether oxygens (including phenoxy) is 2. The molecule has 1 saturated heterocycles. The molecule has 1 aliphatic heterocycles. The van der Waals surface area contributed by atoms with Crippen molar-refractivity contribution in [2.75, 3.05) is 19.8 Å². The summed E-state index contributed by atoms with van der Waals surface area (Å²) in [6.45, 7) is 2.84. The lowest BCUT2D eigenvalue weighted by atomic mass is 9.92. The number of rotatable bonds is 9. The SMILES string of the molecule is CCC[C@@H](NC(=O)OCC1c2ccccc2-c2ccccc21)C(=O)NC1CCOCC1CC(=O)O. The maximum Gasteiger partial charge on any atom is 0.407 e. The first-order valence-corrected chi connectivity index (χ1v) is 12.2. The van der Waals surface area contributed by atoms with Gasteiger partial charge in [-0.3, -0.25) is 9.59 Å². The molecule has 0 saturated carbocycles. The number of fused-ring (bicyclic) bond motifs is 3. The number of carboxylic acids is 1. The zero-order valence-electron chi connectivity index (χ0n) is 19.9. The van der Waals surface area contributed by atoms with Crippen LogP contribution in [-0.2, 0) is 19.1 Å². The van der Waals surface area contributed by atoms with Gasteiger partial charge < -0.3 is 25.2 Å². The molecule has 2 aromatic carbocycles. The molecule has 0 bridgehead atoms. The van der Waals surface area contributed by atoms with Gasteiger partial charge in [0.15, 0.2) is 0 Å². The average Bonchev–Trinajstić information content (AvgIpc) is 3.17. The Morgan fingerprint density at radius 1 is 1.09 bits per heavy atom. The predicted molar refractivity (Wildman–Crippen MR) is 130 cm³/mol. The molecule has 8 nitrogen and oxygen atoms in total. The highest BCUT2D eigenvalue weighted by molar-refractivity contribution is 5.86. The molecular formula is C27H32N2O6. The van der Waals surface area contributed by atoms with Crippen molar-refractivity contribution in [2.45, 2.75) is 50.6 Å². The Labute approximate surface area is 205 Å². The lowest BCUT2D eigenvalue weighted by Crippen LogP contribution is -2.53. The Balaban J connectivity index is 1.37. The molecule has 1 aliphatic carbocycles. The smallest absolute Gasteiger partial charge is 0.407 e. The van der Waals surface area contributed by atoms with E-state index < -0.39 is 18.1 Å². The van der Waals surface area contributed by atoms with Gasteiger partial charge >= 0.3 is 12.1 Å². The molecule has 1 heterocycles. The number of carboxylic acid groups (broad SMARTS) is 1. The molecule has 0 spiro atoms. The number of benzene rings is 2. The molecule has 186 valence electrons. The third-order valence-electron chi connectivity index (χ3n) is 6.77. The van der Waals surface area contributed by atoms with E-state index >= 15 is 0 Å². The van der Waals surface area contributed by atoms with Crippen LogP contribution < -0.4 is 10.6 Å². The number of aliphatic carboxylic acids is 1. The van der Waals surface area contributed by atoms with Crippen molar-refractivity contribution < 1.29 is 29.0 Å². The van der Waals surface area contributed by atoms with E-state index in [9.17, 15) is 14.4 Å². The molecule has 2 aliphatic rings. The standard InChI is InChI=1S/C27H32N2O6/c1-2-7-24(26(32)28-23-12-13-34-15-17(23)14-25(30)31)29-27(33)35-16-22-20-10-5-3-8-18(20)19-9-4-6-11-21(19)22/h3-6,8-11,17,22-24H,2,7,12-16H2,1H3,(H,28,32)(H,29,33)(H,30,31)/t17?,23?,24-/m1/s1. The highest BCUT2D eigenvalue weighted by atomic mass is 16.5. The first-order chi connectivity index (χ1) is 17.0. The van der Waals surface area contributed by atoms with E-state index in [0.29, 0.717) is 25.9 Å². The van der Waals surface area contributed by atoms with E-state index in [4.69, 9.17) is 14.6 Å². The number of carbonyl (C=O) groups excluding carboxylic acids is 2. The largest absolute Gasteiger partial charge is 0.481 e. The van der Waals surface area contributed by atoms with Crippen molar-refractivity contribution in [3.63, 3.8) is 0 Å². The lowest BCUT2D eigenvalue weighted by Gasteiger charge is -2.32. The van der Waals surface area contributed by atoms with Gasteiger partial charge in [0.05, 0.1) is 13.0 Å². The summed E-state index contributed by atoms with van der Waals surface area (Å²) in [5.74, 6) is -1.63. The fraction of sp³-hybridized carbons (Fsp3) is 0.444. The van der Waals surface area contributed by atoms with Crippen molar-refractivity contribution in [1.82, 2.24) is 10.6 Å². The molecule has 2 amide bonds. The summed E-state index contributed by atoms with van der Waals surface area (Å²) in [5, 5.41) is 14.8. The Morgan fingerprint density at radius 2 is 1.74 bits per heavy atom. The minimum absolute atomic E-state index is 0.0642. The van der Waals surface area contributed by atoms with Crippen LogP contribution in [0.3, 0.4) is 0 Å². The second kappa shape index (κ2) is 11.4. The van der Waals surface area contributed by atoms with Crippen LogP contribution in [0.2, 0.25) is 0 Å². The quantitative estimate of drug-likeness (QED) is 0.504. The van der Waals surface area contributed by atoms with E-state index in [-0.39, 0.29) is 43.4 Å². The molecule has 0 radical (unpaired) electrons. The molecule has 35 heavy (non-hydrogen) atoms. The summed E-state index contributed by atoms with van der Waals surface area (Å²) < 4.78 is 11.0. The van der Waals surface area contributed by atoms with Crippen molar-refractivity contribution in [3.05, 3.63) is 59.7 Å². The molecule has 3 N–H and O–H groups in total. The number of hydrogen-bond acceptors (Lipinski definition) is 5. The van der Waals surface area contributed by atoms with Crippen LogP contribution in [0.1, 0.15) is 49.7 Å². The van der Waals surface area contributed by atoms with Crippen molar-refractivity contribution in [3.8, 4) is 11.1 Å². The van der Waals surface area contributed by atoms with Crippen LogP contribution in [0.5, 0.6) is 0 Å². The fourth-order valence-electron chi connectivity index (χ4n) is 5.04. The Hall–Kier alpha value is -3.39. The number of carbonyl (C=O) groups is 3. The van der Waals surface area contributed by atoms with Gasteiger partial charge in [0.1, 0.15) is 12.6 Å². The fourth-order valence-corrected chi connectivity index (χ4v) is 5.04. The molecule has 8 heteroatoms. The van der Waals surface area contributed by atoms with E-state index in [0.717, 1.165) is 22.3 Å². The third kappa shape index (κ3) is 5.82. The van der Waals surface area contributed by atoms with Crippen molar-refractivity contribution >= 4 is 18.0 Å². The Bertz CT molecular complexity index is 1030. The molecular weight excluding hydrogens is 448 g/mol. The monoisotopic (exact) mass is 480 g/mol. The van der Waals surface area contributed by atoms with Crippen LogP contribution in [-0.4, -0.2) is 55.0 Å². The van der Waals surface area contributed by atoms with Crippen LogP contribution in [0, 0.1) is 5.92 Å². The number of nitrogens with one attached hydrogen (secondary N) is 2. The average molecular weight is 481 g/mol. The topological polar surface area (TPSA) is 114 Å². The maximum atomic E-state index is 13.0. The molecule has 2 unspecified atom stereocenters. The van der Waals surface area contributed by atoms with E-state index in [1.807, 2.05) is 31.2 Å². The number of hydrogen-bond donors (Lipinski definition) is 3. The van der Waals surface area contributed by atoms with E-state index in [1.165, 1.54) is 0 Å². The van der Waals surface area contributed by atoms with Gasteiger partial charge in [0.25, 0.3) is 0 Å². The van der Waals surface area contributed by atoms with Gasteiger partial charge in [-0.1, -0.05) is 61.9 Å². The third-order valence-corrected chi connectivity index (χ3v) is 6.77. The van der Waals surface area contributed by atoms with Gasteiger partial charge in [-0.15, -0.1) is 0 Å². The van der Waals surface area contributed by atoms with Gasteiger partial charge in [0.2, 0.25) is 5.91 Å². The summed E-state index contributed by atoms with van der Waals surface area (Å²) >= 11 is 0. The summed E-state index contributed by atoms with van der Waals surface area (Å²) in [5.41, 5.74) is 4.53. The highest BCUT2D eigenvalue weighted by Gasteiger charge is 2.32. The summed E-state index contributed by atoms with van der Waals surface area (Å²) in [4.78, 5) is 36.9. The predicted octanol–water partition coefficient (Wildman–Crippen LogP) is 3.69. The molecule has 0 aromatic heterocycles. The second-order valence-corrected chi connectivity index (χ2v) is 9.15. The van der Waals surface area contributed by atoms with Crippen LogP contribution in [0.25, 0.3) is 11.1 Å². The number of amides is 2. The first-order valence-electron chi connectivity index (χ1n) is 12.2. The lowest BCUT2D eigenvalue weighted by molar-refractivity contribution is -0.140. The highest BCUT2D eigenvalue weighted by Crippen LogP contribution is 2.44. The second-order valence-electron chi connectivity index (χ2n) is 9.15. The summed E-state index contributed by atoms with van der Waals surface area (Å²) in [7, 11) is 0. The molecule has 2 aromatic rings. The minimum atomic E-state index is -0.929. The Morgan fingerprint density at radius 3 is 2.37 bits per heavy atom. The molecule has 4 rings (SSSR count). The van der Waals surface area contributed by atoms with Gasteiger partial charge in [-0.05, 0) is 35.1 Å². The van der Waals surface area contributed by atoms with E-state index in [2.05, 4.69) is 34.9 Å². The Kier molecular flexibility index (Phi) is 8.02. The first kappa shape index (κ1) is 24.7. The van der Waals surface area contributed by atoms with Crippen LogP contribution in [0.4, 0.5) is 4.79 Å². The summed E-state index contributed by atoms with van der Waals surface area (Å²) in [6, 6.07) is 15.1. The van der Waals surface area contributed by atoms with Gasteiger partial charge in [-0.25, -0.2) is 4.79 Å². The van der Waals surface area contributed by atoms with Crippen LogP contribution >= 0.6 is 0 Å². The van der Waals surface area contributed by atoms with Crippen molar-refractivity contribution in [1.29, 1.82) is 0 Å². The zero-order chi connectivity index (χ0) is 24.8. The maximum absolute atomic E-state index is 13.0.